The van der Waals surface area contributed by atoms with E-state index in [4.69, 9.17) is 0 Å². The number of carbonyl (C=O) groups is 2. The first-order chi connectivity index (χ1) is 11.5. The summed E-state index contributed by atoms with van der Waals surface area (Å²) >= 11 is 1.26. The van der Waals surface area contributed by atoms with Gasteiger partial charge in [0.15, 0.2) is 0 Å². The minimum atomic E-state index is -0.492. The molecule has 0 N–H and O–H groups in total. The molecule has 6 heteroatoms. The van der Waals surface area contributed by atoms with Crippen LogP contribution in [0.4, 0.5) is 14.5 Å². The fourth-order valence-corrected chi connectivity index (χ4v) is 3.34. The van der Waals surface area contributed by atoms with Gasteiger partial charge in [-0.05, 0) is 47.7 Å². The van der Waals surface area contributed by atoms with Crippen LogP contribution < -0.4 is 4.90 Å². The molecular formula is C18H13F2NO2S. The number of nitrogens with zero attached hydrogens (tertiary/aromatic N) is 1. The summed E-state index contributed by atoms with van der Waals surface area (Å²) < 4.78 is 26.3. The zero-order chi connectivity index (χ0) is 17.3. The highest BCUT2D eigenvalue weighted by Crippen LogP contribution is 2.38. The molecule has 0 bridgehead atoms. The average Bonchev–Trinajstić information content (AvgIpc) is 2.81. The highest BCUT2D eigenvalue weighted by molar-refractivity contribution is 8.04. The van der Waals surface area contributed by atoms with Crippen molar-refractivity contribution in [2.45, 2.75) is 6.92 Å². The summed E-state index contributed by atoms with van der Waals surface area (Å²) in [6.07, 6.45) is 0. The van der Waals surface area contributed by atoms with Gasteiger partial charge >= 0.3 is 0 Å². The quantitative estimate of drug-likeness (QED) is 0.786. The summed E-state index contributed by atoms with van der Waals surface area (Å²) in [6.45, 7) is 1.87. The van der Waals surface area contributed by atoms with Crippen LogP contribution in [-0.4, -0.2) is 17.6 Å². The number of hydrogen-bond acceptors (Lipinski definition) is 3. The molecule has 0 radical (unpaired) electrons. The Bertz CT molecular complexity index is 829. The van der Waals surface area contributed by atoms with E-state index in [0.29, 0.717) is 21.9 Å². The normalized spacial score (nSPS) is 14.7. The van der Waals surface area contributed by atoms with Crippen molar-refractivity contribution in [3.05, 3.63) is 70.6 Å². The van der Waals surface area contributed by atoms with Crippen LogP contribution in [0.1, 0.15) is 12.5 Å². The largest absolute Gasteiger partial charge is 0.272 e. The number of hydrogen-bond donors (Lipinski definition) is 0. The summed E-state index contributed by atoms with van der Waals surface area (Å²) in [5.74, 6) is -1.20. The molecule has 2 aromatic rings. The van der Waals surface area contributed by atoms with Crippen molar-refractivity contribution >= 4 is 34.8 Å². The van der Waals surface area contributed by atoms with Crippen LogP contribution in [0, 0.1) is 11.6 Å². The zero-order valence-electron chi connectivity index (χ0n) is 12.8. The Morgan fingerprint density at radius 3 is 1.96 bits per heavy atom. The average molecular weight is 345 g/mol. The highest BCUT2D eigenvalue weighted by Gasteiger charge is 2.39. The number of halogens is 2. The Morgan fingerprint density at radius 2 is 1.42 bits per heavy atom. The van der Waals surface area contributed by atoms with Crippen molar-refractivity contribution in [2.24, 2.45) is 0 Å². The predicted octanol–water partition coefficient (Wildman–Crippen LogP) is 4.00. The van der Waals surface area contributed by atoms with Crippen molar-refractivity contribution in [3.63, 3.8) is 0 Å². The molecule has 0 fully saturated rings. The fraction of sp³-hybridized carbons (Fsp3) is 0.111. The molecule has 2 aromatic carbocycles. The molecule has 24 heavy (non-hydrogen) atoms. The lowest BCUT2D eigenvalue weighted by Crippen LogP contribution is -2.31. The third-order valence-corrected chi connectivity index (χ3v) is 4.50. The standard InChI is InChI=1S/C18H13F2NO2S/c1-2-24-16-15(11-3-5-12(19)6-4-11)17(22)21(18(16)23)14-9-7-13(20)8-10-14/h3-10H,2H2,1H3. The molecule has 0 saturated carbocycles. The van der Waals surface area contributed by atoms with Crippen LogP contribution >= 0.6 is 11.8 Å². The van der Waals surface area contributed by atoms with E-state index >= 15 is 0 Å². The van der Waals surface area contributed by atoms with Crippen LogP contribution in [-0.2, 0) is 9.59 Å². The number of thioether (sulfide) groups is 1. The SMILES string of the molecule is CCSC1=C(c2ccc(F)cc2)C(=O)N(c2ccc(F)cc2)C1=O. The van der Waals surface area contributed by atoms with E-state index < -0.39 is 23.4 Å². The molecule has 0 unspecified atom stereocenters. The topological polar surface area (TPSA) is 37.4 Å². The van der Waals surface area contributed by atoms with E-state index in [9.17, 15) is 18.4 Å². The first-order valence-electron chi connectivity index (χ1n) is 7.30. The van der Waals surface area contributed by atoms with Crippen LogP contribution in [0.3, 0.4) is 0 Å². The second kappa shape index (κ2) is 6.57. The van der Waals surface area contributed by atoms with E-state index in [-0.39, 0.29) is 5.57 Å². The van der Waals surface area contributed by atoms with Crippen LogP contribution in [0.5, 0.6) is 0 Å². The molecule has 1 aliphatic heterocycles. The number of carbonyl (C=O) groups excluding carboxylic acids is 2. The van der Waals surface area contributed by atoms with Gasteiger partial charge in [-0.15, -0.1) is 11.8 Å². The van der Waals surface area contributed by atoms with E-state index in [0.717, 1.165) is 4.90 Å². The smallest absolute Gasteiger partial charge is 0.268 e. The second-order valence-corrected chi connectivity index (χ2v) is 6.34. The summed E-state index contributed by atoms with van der Waals surface area (Å²) in [5.41, 5.74) is 1.03. The van der Waals surface area contributed by atoms with Gasteiger partial charge in [-0.1, -0.05) is 19.1 Å². The molecule has 122 valence electrons. The lowest BCUT2D eigenvalue weighted by atomic mass is 10.1. The highest BCUT2D eigenvalue weighted by atomic mass is 32.2. The molecule has 2 amide bonds. The Morgan fingerprint density at radius 1 is 0.875 bits per heavy atom. The molecule has 0 spiro atoms. The van der Waals surface area contributed by atoms with Crippen LogP contribution in [0.25, 0.3) is 5.57 Å². The number of imide groups is 1. The molecule has 3 nitrogen and oxygen atoms in total. The maximum absolute atomic E-state index is 13.2. The van der Waals surface area contributed by atoms with Gasteiger partial charge < -0.3 is 0 Å². The Hall–Kier alpha value is -2.47. The summed E-state index contributed by atoms with van der Waals surface area (Å²) in [6, 6.07) is 10.6. The van der Waals surface area contributed by atoms with Gasteiger partial charge in [0.05, 0.1) is 16.2 Å². The fourth-order valence-electron chi connectivity index (χ4n) is 2.48. The number of anilines is 1. The summed E-state index contributed by atoms with van der Waals surface area (Å²) in [4.78, 5) is 26.9. The number of amides is 2. The maximum Gasteiger partial charge on any atom is 0.272 e. The van der Waals surface area contributed by atoms with Gasteiger partial charge in [0, 0.05) is 0 Å². The molecule has 0 saturated heterocycles. The van der Waals surface area contributed by atoms with E-state index in [2.05, 4.69) is 0 Å². The lowest BCUT2D eigenvalue weighted by Gasteiger charge is -2.15. The summed E-state index contributed by atoms with van der Waals surface area (Å²) in [7, 11) is 0. The number of rotatable bonds is 4. The molecule has 0 aromatic heterocycles. The summed E-state index contributed by atoms with van der Waals surface area (Å²) in [5, 5.41) is 0. The van der Waals surface area contributed by atoms with E-state index in [1.165, 1.54) is 60.3 Å². The Labute approximate surface area is 142 Å². The van der Waals surface area contributed by atoms with Gasteiger partial charge in [0.1, 0.15) is 11.6 Å². The van der Waals surface area contributed by atoms with Crippen LogP contribution in [0.15, 0.2) is 53.4 Å². The predicted molar refractivity (Wildman–Crippen MR) is 90.3 cm³/mol. The van der Waals surface area contributed by atoms with E-state index in [1.807, 2.05) is 6.92 Å². The second-order valence-electron chi connectivity index (χ2n) is 5.07. The molecule has 3 rings (SSSR count). The zero-order valence-corrected chi connectivity index (χ0v) is 13.6. The van der Waals surface area contributed by atoms with Gasteiger partial charge in [-0.2, -0.15) is 0 Å². The van der Waals surface area contributed by atoms with Gasteiger partial charge in [0.2, 0.25) is 0 Å². The van der Waals surface area contributed by atoms with Crippen molar-refractivity contribution in [1.29, 1.82) is 0 Å². The minimum absolute atomic E-state index is 0.246. The third kappa shape index (κ3) is 2.85. The lowest BCUT2D eigenvalue weighted by molar-refractivity contribution is -0.119. The molecule has 1 heterocycles. The van der Waals surface area contributed by atoms with E-state index in [1.54, 1.807) is 0 Å². The van der Waals surface area contributed by atoms with Crippen molar-refractivity contribution in [1.82, 2.24) is 0 Å². The first-order valence-corrected chi connectivity index (χ1v) is 8.29. The number of benzene rings is 2. The maximum atomic E-state index is 13.2. The molecule has 0 aliphatic carbocycles. The van der Waals surface area contributed by atoms with Crippen molar-refractivity contribution < 1.29 is 18.4 Å². The van der Waals surface area contributed by atoms with Crippen molar-refractivity contribution in [3.8, 4) is 0 Å². The Balaban J connectivity index is 2.07. The van der Waals surface area contributed by atoms with Gasteiger partial charge in [0.25, 0.3) is 11.8 Å². The molecular weight excluding hydrogens is 332 g/mol. The Kier molecular flexibility index (Phi) is 4.49. The molecule has 1 aliphatic rings. The minimum Gasteiger partial charge on any atom is -0.268 e. The van der Waals surface area contributed by atoms with Gasteiger partial charge in [-0.3, -0.25) is 9.59 Å². The molecule has 0 atom stereocenters. The van der Waals surface area contributed by atoms with Gasteiger partial charge in [-0.25, -0.2) is 13.7 Å². The van der Waals surface area contributed by atoms with Crippen molar-refractivity contribution in [2.75, 3.05) is 10.7 Å². The third-order valence-electron chi connectivity index (χ3n) is 3.55. The van der Waals surface area contributed by atoms with Crippen LogP contribution in [0.2, 0.25) is 0 Å². The monoisotopic (exact) mass is 345 g/mol. The first kappa shape index (κ1) is 16.4.